The highest BCUT2D eigenvalue weighted by atomic mass is 32.2. The molecule has 0 fully saturated rings. The zero-order valence-corrected chi connectivity index (χ0v) is 12.1. The van der Waals surface area contributed by atoms with Gasteiger partial charge < -0.3 is 5.11 Å². The van der Waals surface area contributed by atoms with Crippen molar-refractivity contribution in [3.8, 4) is 5.75 Å². The fraction of sp³-hybridized carbons (Fsp3) is 0.357. The van der Waals surface area contributed by atoms with Gasteiger partial charge in [-0.1, -0.05) is 6.08 Å². The summed E-state index contributed by atoms with van der Waals surface area (Å²) in [6.45, 7) is 8.91. The second-order valence-electron chi connectivity index (χ2n) is 5.09. The number of rotatable bonds is 4. The summed E-state index contributed by atoms with van der Waals surface area (Å²) in [5.41, 5.74) is 0.646. The highest BCUT2D eigenvalue weighted by molar-refractivity contribution is 7.85. The summed E-state index contributed by atoms with van der Waals surface area (Å²) >= 11 is 0. The average molecular weight is 283 g/mol. The molecule has 1 rings (SSSR count). The number of phenols is 1. The van der Waals surface area contributed by atoms with E-state index in [0.717, 1.165) is 6.07 Å². The van der Waals surface area contributed by atoms with Crippen molar-refractivity contribution in [1.82, 2.24) is 0 Å². The number of aromatic hydroxyl groups is 1. The summed E-state index contributed by atoms with van der Waals surface area (Å²) in [6, 6.07) is 2.40. The molecule has 0 spiro atoms. The lowest BCUT2D eigenvalue weighted by Gasteiger charge is -2.13. The van der Waals surface area contributed by atoms with Crippen LogP contribution in [0.1, 0.15) is 31.9 Å². The second kappa shape index (κ2) is 6.10. The second-order valence-corrected chi connectivity index (χ2v) is 7.03. The summed E-state index contributed by atoms with van der Waals surface area (Å²) < 4.78 is 28.5. The van der Waals surface area contributed by atoms with Crippen molar-refractivity contribution < 1.29 is 13.7 Å². The molecular weight excluding hydrogens is 265 g/mol. The highest BCUT2D eigenvalue weighted by Crippen LogP contribution is 2.24. The largest absolute Gasteiger partial charge is 0.507 e. The van der Waals surface area contributed by atoms with Crippen molar-refractivity contribution in [1.29, 1.82) is 0 Å². The molecule has 1 aromatic rings. The maximum atomic E-state index is 13.4. The van der Waals surface area contributed by atoms with Crippen LogP contribution in [0.4, 0.5) is 4.39 Å². The lowest BCUT2D eigenvalue weighted by Crippen LogP contribution is -2.19. The molecule has 19 heavy (non-hydrogen) atoms. The van der Waals surface area contributed by atoms with Crippen molar-refractivity contribution in [2.45, 2.75) is 31.9 Å². The third-order valence-electron chi connectivity index (χ3n) is 2.36. The van der Waals surface area contributed by atoms with Crippen LogP contribution in [0, 0.1) is 5.82 Å². The first-order valence-corrected chi connectivity index (χ1v) is 6.94. The minimum atomic E-state index is -1.45. The van der Waals surface area contributed by atoms with Crippen molar-refractivity contribution in [2.75, 3.05) is 0 Å². The number of nitrogens with zero attached hydrogens (tertiary/aromatic N) is 1. The van der Waals surface area contributed by atoms with Gasteiger partial charge in [0.25, 0.3) is 0 Å². The van der Waals surface area contributed by atoms with Gasteiger partial charge in [-0.2, -0.15) is 4.40 Å². The van der Waals surface area contributed by atoms with E-state index in [-0.39, 0.29) is 11.3 Å². The van der Waals surface area contributed by atoms with Gasteiger partial charge in [0, 0.05) is 17.3 Å². The third-order valence-corrected chi connectivity index (χ3v) is 3.70. The van der Waals surface area contributed by atoms with E-state index in [0.29, 0.717) is 12.0 Å². The Kier molecular flexibility index (Phi) is 5.00. The van der Waals surface area contributed by atoms with Crippen LogP contribution < -0.4 is 0 Å². The van der Waals surface area contributed by atoms with Crippen molar-refractivity contribution >= 4 is 17.2 Å². The summed E-state index contributed by atoms with van der Waals surface area (Å²) in [5, 5.41) is 9.96. The van der Waals surface area contributed by atoms with Gasteiger partial charge in [-0.15, -0.1) is 6.58 Å². The van der Waals surface area contributed by atoms with Gasteiger partial charge in [0.2, 0.25) is 0 Å². The van der Waals surface area contributed by atoms with Gasteiger partial charge in [0.1, 0.15) is 22.6 Å². The molecule has 0 saturated carbocycles. The van der Waals surface area contributed by atoms with Crippen LogP contribution in [0.15, 0.2) is 29.2 Å². The number of allylic oxidation sites excluding steroid dienone is 1. The van der Waals surface area contributed by atoms with Gasteiger partial charge >= 0.3 is 0 Å². The minimum absolute atomic E-state index is 0.0593. The number of phenolic OH excluding ortho intramolecular Hbond substituents is 1. The van der Waals surface area contributed by atoms with Gasteiger partial charge in [0.15, 0.2) is 0 Å². The molecule has 104 valence electrons. The lowest BCUT2D eigenvalue weighted by atomic mass is 10.1. The maximum Gasteiger partial charge on any atom is 0.144 e. The Morgan fingerprint density at radius 1 is 1.47 bits per heavy atom. The molecule has 5 heteroatoms. The molecule has 0 heterocycles. The average Bonchev–Trinajstić information content (AvgIpc) is 2.30. The Bertz CT molecular complexity index is 533. The van der Waals surface area contributed by atoms with E-state index in [1.165, 1.54) is 12.3 Å². The van der Waals surface area contributed by atoms with E-state index in [1.807, 2.05) is 0 Å². The highest BCUT2D eigenvalue weighted by Gasteiger charge is 2.18. The Labute approximate surface area is 115 Å². The van der Waals surface area contributed by atoms with Crippen LogP contribution in [0.25, 0.3) is 0 Å². The Hall–Kier alpha value is -1.49. The van der Waals surface area contributed by atoms with Gasteiger partial charge in [-0.3, -0.25) is 0 Å². The Morgan fingerprint density at radius 3 is 2.63 bits per heavy atom. The molecule has 0 aliphatic rings. The number of hydrogen-bond acceptors (Lipinski definition) is 2. The molecule has 0 aliphatic carbocycles. The standard InChI is InChI=1S/C14H18FNO2S/c1-5-6-10-7-12(15)8-11(13(10)17)9-16-19(18)14(2,3)4/h5,7-9,17H,1,6H2,2-4H3/t19-/m1/s1. The molecule has 0 unspecified atom stereocenters. The number of halogens is 1. The van der Waals surface area contributed by atoms with Crippen LogP contribution in [-0.2, 0) is 17.4 Å². The molecule has 1 N–H and O–H groups in total. The summed E-state index contributed by atoms with van der Waals surface area (Å²) in [4.78, 5) is 0. The molecule has 1 atom stereocenters. The molecule has 0 amide bonds. The molecule has 0 aromatic heterocycles. The molecule has 3 nitrogen and oxygen atoms in total. The fourth-order valence-electron chi connectivity index (χ4n) is 1.35. The zero-order chi connectivity index (χ0) is 14.6. The third kappa shape index (κ3) is 4.28. The van der Waals surface area contributed by atoms with Crippen molar-refractivity contribution in [2.24, 2.45) is 4.40 Å². The van der Waals surface area contributed by atoms with Crippen LogP contribution in [0.2, 0.25) is 0 Å². The SMILES string of the molecule is C=CCc1cc(F)cc(C=N[S@](=O)C(C)(C)C)c1O. The van der Waals surface area contributed by atoms with Crippen LogP contribution >= 0.6 is 0 Å². The van der Waals surface area contributed by atoms with E-state index in [9.17, 15) is 13.7 Å². The first-order chi connectivity index (χ1) is 8.75. The van der Waals surface area contributed by atoms with Crippen LogP contribution in [0.5, 0.6) is 5.75 Å². The summed E-state index contributed by atoms with van der Waals surface area (Å²) in [5.74, 6) is -0.534. The van der Waals surface area contributed by atoms with E-state index >= 15 is 0 Å². The lowest BCUT2D eigenvalue weighted by molar-refractivity contribution is 0.466. The van der Waals surface area contributed by atoms with Crippen LogP contribution in [0.3, 0.4) is 0 Å². The summed E-state index contributed by atoms with van der Waals surface area (Å²) in [7, 11) is -1.45. The maximum absolute atomic E-state index is 13.4. The van der Waals surface area contributed by atoms with E-state index in [4.69, 9.17) is 0 Å². The topological polar surface area (TPSA) is 49.7 Å². The molecule has 0 aliphatic heterocycles. The van der Waals surface area contributed by atoms with Crippen molar-refractivity contribution in [3.63, 3.8) is 0 Å². The van der Waals surface area contributed by atoms with E-state index < -0.39 is 21.5 Å². The fourth-order valence-corrected chi connectivity index (χ4v) is 1.88. The molecule has 0 radical (unpaired) electrons. The first kappa shape index (κ1) is 15.6. The Balaban J connectivity index is 3.11. The van der Waals surface area contributed by atoms with E-state index in [1.54, 1.807) is 26.8 Å². The Morgan fingerprint density at radius 2 is 2.11 bits per heavy atom. The quantitative estimate of drug-likeness (QED) is 0.681. The van der Waals surface area contributed by atoms with Crippen molar-refractivity contribution in [3.05, 3.63) is 41.7 Å². The normalized spacial score (nSPS) is 13.7. The molecule has 0 saturated heterocycles. The molecular formula is C14H18FNO2S. The smallest absolute Gasteiger partial charge is 0.144 e. The first-order valence-electron chi connectivity index (χ1n) is 5.84. The number of benzene rings is 1. The molecule has 1 aromatic carbocycles. The zero-order valence-electron chi connectivity index (χ0n) is 11.3. The van der Waals surface area contributed by atoms with Gasteiger partial charge in [-0.25, -0.2) is 8.60 Å². The summed E-state index contributed by atoms with van der Waals surface area (Å²) in [6.07, 6.45) is 3.17. The molecule has 0 bridgehead atoms. The predicted molar refractivity (Wildman–Crippen MR) is 77.5 cm³/mol. The predicted octanol–water partition coefficient (Wildman–Crippen LogP) is 3.14. The van der Waals surface area contributed by atoms with E-state index in [2.05, 4.69) is 11.0 Å². The van der Waals surface area contributed by atoms with Crippen LogP contribution in [-0.4, -0.2) is 20.3 Å². The minimum Gasteiger partial charge on any atom is -0.507 e. The number of hydrogen-bond donors (Lipinski definition) is 1. The monoisotopic (exact) mass is 283 g/mol. The van der Waals surface area contributed by atoms with Gasteiger partial charge in [0.05, 0.1) is 4.75 Å². The van der Waals surface area contributed by atoms with Gasteiger partial charge in [-0.05, 0) is 39.3 Å².